The van der Waals surface area contributed by atoms with Crippen molar-refractivity contribution in [2.75, 3.05) is 62.7 Å². The molecule has 0 atom stereocenters. The number of morpholine rings is 1. The lowest BCUT2D eigenvalue weighted by molar-refractivity contribution is 0.122. The largest absolute Gasteiger partial charge is 0.378 e. The molecule has 10 nitrogen and oxygen atoms in total. The van der Waals surface area contributed by atoms with E-state index in [1.165, 1.54) is 0 Å². The number of aromatic nitrogens is 6. The summed E-state index contributed by atoms with van der Waals surface area (Å²) in [6.07, 6.45) is 7.26. The van der Waals surface area contributed by atoms with E-state index in [2.05, 4.69) is 45.2 Å². The molecule has 3 aromatic heterocycles. The van der Waals surface area contributed by atoms with Crippen LogP contribution in [0.25, 0.3) is 11.2 Å². The average Bonchev–Trinajstić information content (AvgIpc) is 3.25. The Morgan fingerprint density at radius 2 is 1.87 bits per heavy atom. The Bertz CT molecular complexity index is 964. The minimum Gasteiger partial charge on any atom is -0.378 e. The molecule has 0 bridgehead atoms. The fourth-order valence-corrected chi connectivity index (χ4v) is 4.25. The van der Waals surface area contributed by atoms with Crippen molar-refractivity contribution in [3.63, 3.8) is 0 Å². The highest BCUT2D eigenvalue weighted by Crippen LogP contribution is 2.29. The second-order valence-electron chi connectivity index (χ2n) is 7.77. The van der Waals surface area contributed by atoms with E-state index in [1.807, 2.05) is 6.07 Å². The SMILES string of the molecule is c1nc(NCCN2CCC(c3[nH]nc4nccnc34)CC2)cc(N2CCOCC2)n1. The van der Waals surface area contributed by atoms with Crippen LogP contribution in [0, 0.1) is 0 Å². The van der Waals surface area contributed by atoms with E-state index in [9.17, 15) is 0 Å². The second kappa shape index (κ2) is 8.88. The van der Waals surface area contributed by atoms with Gasteiger partial charge in [-0.25, -0.2) is 19.9 Å². The lowest BCUT2D eigenvalue weighted by Gasteiger charge is -2.31. The molecule has 2 N–H and O–H groups in total. The minimum atomic E-state index is 0.467. The van der Waals surface area contributed by atoms with Crippen LogP contribution in [0.3, 0.4) is 0 Å². The van der Waals surface area contributed by atoms with Gasteiger partial charge < -0.3 is 19.9 Å². The summed E-state index contributed by atoms with van der Waals surface area (Å²) in [7, 11) is 0. The maximum absolute atomic E-state index is 5.42. The zero-order valence-electron chi connectivity index (χ0n) is 17.0. The standard InChI is InChI=1S/C20H27N9O/c1-6-28(7-2-15(1)18-19-20(27-26-18)23-4-3-22-19)8-5-21-16-13-17(25-14-24-16)29-9-11-30-12-10-29/h3-4,13-15H,1-2,5-12H2,(H,21,24,25)(H,23,26,27). The Balaban J connectivity index is 1.10. The third kappa shape index (κ3) is 4.19. The summed E-state index contributed by atoms with van der Waals surface area (Å²) < 4.78 is 5.42. The molecule has 2 fully saturated rings. The summed E-state index contributed by atoms with van der Waals surface area (Å²) in [4.78, 5) is 22.2. The summed E-state index contributed by atoms with van der Waals surface area (Å²) in [5.74, 6) is 2.31. The lowest BCUT2D eigenvalue weighted by atomic mass is 9.93. The molecule has 0 aromatic carbocycles. The van der Waals surface area contributed by atoms with Crippen LogP contribution in [0.5, 0.6) is 0 Å². The van der Waals surface area contributed by atoms with Gasteiger partial charge in [-0.1, -0.05) is 0 Å². The zero-order valence-corrected chi connectivity index (χ0v) is 17.0. The van der Waals surface area contributed by atoms with Gasteiger partial charge in [0, 0.05) is 50.6 Å². The van der Waals surface area contributed by atoms with Crippen LogP contribution in [-0.4, -0.2) is 87.5 Å². The molecule has 2 aliphatic heterocycles. The van der Waals surface area contributed by atoms with Gasteiger partial charge in [0.05, 0.1) is 18.9 Å². The highest BCUT2D eigenvalue weighted by Gasteiger charge is 2.24. The number of aromatic amines is 1. The predicted molar refractivity (Wildman–Crippen MR) is 114 cm³/mol. The first-order valence-corrected chi connectivity index (χ1v) is 10.6. The average molecular weight is 409 g/mol. The lowest BCUT2D eigenvalue weighted by Crippen LogP contribution is -2.37. The van der Waals surface area contributed by atoms with Gasteiger partial charge in [-0.3, -0.25) is 5.10 Å². The number of hydrogen-bond donors (Lipinski definition) is 2. The Morgan fingerprint density at radius 3 is 2.73 bits per heavy atom. The van der Waals surface area contributed by atoms with Crippen LogP contribution in [0.15, 0.2) is 24.8 Å². The van der Waals surface area contributed by atoms with E-state index in [1.54, 1.807) is 18.7 Å². The molecule has 0 radical (unpaired) electrons. The molecule has 0 saturated carbocycles. The van der Waals surface area contributed by atoms with E-state index in [4.69, 9.17) is 4.74 Å². The first-order chi connectivity index (χ1) is 14.9. The first-order valence-electron chi connectivity index (χ1n) is 10.6. The third-order valence-corrected chi connectivity index (χ3v) is 5.93. The molecule has 10 heteroatoms. The maximum Gasteiger partial charge on any atom is 0.199 e. The second-order valence-corrected chi connectivity index (χ2v) is 7.77. The number of hydrogen-bond acceptors (Lipinski definition) is 9. The van der Waals surface area contributed by atoms with Crippen LogP contribution in [-0.2, 0) is 4.74 Å². The van der Waals surface area contributed by atoms with Crippen LogP contribution in [0.1, 0.15) is 24.5 Å². The molecule has 3 aromatic rings. The van der Waals surface area contributed by atoms with Gasteiger partial charge in [-0.05, 0) is 25.9 Å². The third-order valence-electron chi connectivity index (χ3n) is 5.93. The Morgan fingerprint density at radius 1 is 1.03 bits per heavy atom. The highest BCUT2D eigenvalue weighted by molar-refractivity contribution is 5.72. The number of fused-ring (bicyclic) bond motifs is 1. The fourth-order valence-electron chi connectivity index (χ4n) is 4.25. The van der Waals surface area contributed by atoms with Crippen molar-refractivity contribution >= 4 is 22.8 Å². The Kier molecular flexibility index (Phi) is 5.67. The monoisotopic (exact) mass is 409 g/mol. The fraction of sp³-hybridized carbons (Fsp3) is 0.550. The summed E-state index contributed by atoms with van der Waals surface area (Å²) >= 11 is 0. The molecule has 5 heterocycles. The first kappa shape index (κ1) is 19.1. The van der Waals surface area contributed by atoms with E-state index >= 15 is 0 Å². The highest BCUT2D eigenvalue weighted by atomic mass is 16.5. The molecular formula is C20H27N9O. The van der Waals surface area contributed by atoms with E-state index in [0.717, 1.165) is 88.2 Å². The van der Waals surface area contributed by atoms with Crippen molar-refractivity contribution in [2.45, 2.75) is 18.8 Å². The number of ether oxygens (including phenoxy) is 1. The number of anilines is 2. The van der Waals surface area contributed by atoms with E-state index < -0.39 is 0 Å². The molecule has 0 spiro atoms. The molecule has 0 amide bonds. The van der Waals surface area contributed by atoms with Gasteiger partial charge in [0.25, 0.3) is 0 Å². The molecule has 0 unspecified atom stereocenters. The normalized spacial score (nSPS) is 18.7. The predicted octanol–water partition coefficient (Wildman–Crippen LogP) is 1.27. The molecule has 5 rings (SSSR count). The molecule has 30 heavy (non-hydrogen) atoms. The molecule has 2 aliphatic rings. The van der Waals surface area contributed by atoms with Gasteiger partial charge in [0.2, 0.25) is 0 Å². The summed E-state index contributed by atoms with van der Waals surface area (Å²) in [5, 5.41) is 10.9. The molecule has 0 aliphatic carbocycles. The molecular weight excluding hydrogens is 382 g/mol. The topological polar surface area (TPSA) is 108 Å². The molecule has 158 valence electrons. The van der Waals surface area contributed by atoms with Crippen molar-refractivity contribution in [2.24, 2.45) is 0 Å². The van der Waals surface area contributed by atoms with Crippen molar-refractivity contribution in [3.8, 4) is 0 Å². The number of likely N-dealkylation sites (tertiary alicyclic amines) is 1. The van der Waals surface area contributed by atoms with Gasteiger partial charge in [-0.2, -0.15) is 5.10 Å². The van der Waals surface area contributed by atoms with Gasteiger partial charge in [0.1, 0.15) is 23.5 Å². The van der Waals surface area contributed by atoms with Crippen LogP contribution in [0.4, 0.5) is 11.6 Å². The number of rotatable bonds is 6. The van der Waals surface area contributed by atoms with E-state index in [0.29, 0.717) is 11.6 Å². The van der Waals surface area contributed by atoms with Crippen LogP contribution >= 0.6 is 0 Å². The molecule has 2 saturated heterocycles. The van der Waals surface area contributed by atoms with Crippen LogP contribution < -0.4 is 10.2 Å². The minimum absolute atomic E-state index is 0.467. The van der Waals surface area contributed by atoms with Crippen molar-refractivity contribution in [1.82, 2.24) is 35.0 Å². The zero-order chi connectivity index (χ0) is 20.2. The van der Waals surface area contributed by atoms with Gasteiger partial charge in [0.15, 0.2) is 5.65 Å². The van der Waals surface area contributed by atoms with Crippen LogP contribution in [0.2, 0.25) is 0 Å². The summed E-state index contributed by atoms with van der Waals surface area (Å²) in [6, 6.07) is 2.03. The Labute approximate surface area is 175 Å². The van der Waals surface area contributed by atoms with Crippen molar-refractivity contribution in [1.29, 1.82) is 0 Å². The number of nitrogens with one attached hydrogen (secondary N) is 2. The van der Waals surface area contributed by atoms with Crippen molar-refractivity contribution < 1.29 is 4.74 Å². The quantitative estimate of drug-likeness (QED) is 0.622. The maximum atomic E-state index is 5.42. The van der Waals surface area contributed by atoms with Gasteiger partial charge in [-0.15, -0.1) is 0 Å². The summed E-state index contributed by atoms with van der Waals surface area (Å²) in [5.41, 5.74) is 2.75. The van der Waals surface area contributed by atoms with Gasteiger partial charge >= 0.3 is 0 Å². The van der Waals surface area contributed by atoms with Crippen molar-refractivity contribution in [3.05, 3.63) is 30.5 Å². The summed E-state index contributed by atoms with van der Waals surface area (Å²) in [6.45, 7) is 7.25. The number of nitrogens with zero attached hydrogens (tertiary/aromatic N) is 7. The number of H-pyrrole nitrogens is 1. The Hall–Kier alpha value is -2.85. The van der Waals surface area contributed by atoms with E-state index in [-0.39, 0.29) is 0 Å². The smallest absolute Gasteiger partial charge is 0.199 e. The number of piperidine rings is 1.